The summed E-state index contributed by atoms with van der Waals surface area (Å²) in [6, 6.07) is 14.0. The molecule has 1 aliphatic heterocycles. The molecule has 6 nitrogen and oxygen atoms in total. The molecule has 1 amide bonds. The maximum atomic E-state index is 12.6. The summed E-state index contributed by atoms with van der Waals surface area (Å²) >= 11 is 0. The fourth-order valence-electron chi connectivity index (χ4n) is 3.27. The molecular weight excluding hydrogens is 342 g/mol. The fraction of sp³-hybridized carbons (Fsp3) is 0.429. The van der Waals surface area contributed by atoms with Gasteiger partial charge in [0.15, 0.2) is 0 Å². The van der Waals surface area contributed by atoms with E-state index in [0.29, 0.717) is 25.6 Å². The number of hydrogen-bond donors (Lipinski definition) is 1. The largest absolute Gasteiger partial charge is 0.475 e. The quantitative estimate of drug-likeness (QED) is 0.688. The van der Waals surface area contributed by atoms with E-state index in [1.807, 2.05) is 30.3 Å². The minimum Gasteiger partial charge on any atom is -0.475 e. The molecule has 6 heteroatoms. The lowest BCUT2D eigenvalue weighted by molar-refractivity contribution is -0.125. The molecular formula is C21H27N3O3. The Labute approximate surface area is 160 Å². The van der Waals surface area contributed by atoms with Crippen molar-refractivity contribution >= 4 is 5.91 Å². The number of nitrogens with one attached hydrogen (secondary N) is 1. The topological polar surface area (TPSA) is 63.7 Å². The highest BCUT2D eigenvalue weighted by Crippen LogP contribution is 2.20. The van der Waals surface area contributed by atoms with Crippen molar-refractivity contribution in [2.75, 3.05) is 26.9 Å². The normalized spacial score (nSPS) is 17.0. The van der Waals surface area contributed by atoms with Crippen LogP contribution in [0.25, 0.3) is 0 Å². The van der Waals surface area contributed by atoms with Gasteiger partial charge >= 0.3 is 0 Å². The molecule has 2 heterocycles. The van der Waals surface area contributed by atoms with E-state index < -0.39 is 0 Å². The number of carbonyl (C=O) groups excluding carboxylic acids is 1. The molecule has 144 valence electrons. The van der Waals surface area contributed by atoms with Crippen LogP contribution < -0.4 is 10.1 Å². The van der Waals surface area contributed by atoms with E-state index in [1.165, 1.54) is 5.56 Å². The zero-order valence-electron chi connectivity index (χ0n) is 15.8. The standard InChI is InChI=1S/C21H27N3O3/c1-26-12-13-27-20-10-9-18(14-22-20)15-23-21(25)19-8-5-11-24(19)16-17-6-3-2-4-7-17/h2-4,6-7,9-10,14,19H,5,8,11-13,15-16H2,1H3,(H,23,25)/t19-/m0/s1. The molecule has 0 bridgehead atoms. The lowest BCUT2D eigenvalue weighted by atomic mass is 10.1. The summed E-state index contributed by atoms with van der Waals surface area (Å²) in [5.41, 5.74) is 2.19. The van der Waals surface area contributed by atoms with Gasteiger partial charge in [-0.25, -0.2) is 4.98 Å². The van der Waals surface area contributed by atoms with Gasteiger partial charge in [-0.1, -0.05) is 36.4 Å². The number of benzene rings is 1. The number of hydrogen-bond acceptors (Lipinski definition) is 5. The molecule has 1 aromatic carbocycles. The van der Waals surface area contributed by atoms with Crippen LogP contribution in [0, 0.1) is 0 Å². The van der Waals surface area contributed by atoms with Crippen molar-refractivity contribution in [1.29, 1.82) is 0 Å². The summed E-state index contributed by atoms with van der Waals surface area (Å²) in [6.45, 7) is 3.24. The van der Waals surface area contributed by atoms with Gasteiger partial charge in [0.1, 0.15) is 6.61 Å². The van der Waals surface area contributed by atoms with E-state index in [0.717, 1.165) is 31.5 Å². The lowest BCUT2D eigenvalue weighted by Crippen LogP contribution is -2.42. The molecule has 1 fully saturated rings. The second kappa shape index (κ2) is 10.0. The SMILES string of the molecule is COCCOc1ccc(CNC(=O)[C@@H]2CCCN2Cc2ccccc2)cn1. The molecule has 1 N–H and O–H groups in total. The summed E-state index contributed by atoms with van der Waals surface area (Å²) in [4.78, 5) is 19.2. The molecule has 1 saturated heterocycles. The van der Waals surface area contributed by atoms with Gasteiger partial charge in [0.25, 0.3) is 0 Å². The number of rotatable bonds is 9. The van der Waals surface area contributed by atoms with Crippen molar-refractivity contribution in [1.82, 2.24) is 15.2 Å². The first kappa shape index (κ1) is 19.3. The van der Waals surface area contributed by atoms with Crippen molar-refractivity contribution in [2.45, 2.75) is 32.0 Å². The first-order valence-electron chi connectivity index (χ1n) is 9.38. The van der Waals surface area contributed by atoms with Crippen LogP contribution in [0.4, 0.5) is 0 Å². The number of ether oxygens (including phenoxy) is 2. The van der Waals surface area contributed by atoms with E-state index in [2.05, 4.69) is 27.3 Å². The van der Waals surface area contributed by atoms with E-state index in [1.54, 1.807) is 13.3 Å². The number of carbonyl (C=O) groups is 1. The monoisotopic (exact) mass is 369 g/mol. The third kappa shape index (κ3) is 5.77. The molecule has 27 heavy (non-hydrogen) atoms. The lowest BCUT2D eigenvalue weighted by Gasteiger charge is -2.23. The Kier molecular flexibility index (Phi) is 7.19. The number of amides is 1. The van der Waals surface area contributed by atoms with Crippen LogP contribution in [0.2, 0.25) is 0 Å². The molecule has 1 aromatic heterocycles. The zero-order chi connectivity index (χ0) is 18.9. The zero-order valence-corrected chi connectivity index (χ0v) is 15.8. The number of methoxy groups -OCH3 is 1. The smallest absolute Gasteiger partial charge is 0.237 e. The number of nitrogens with zero attached hydrogens (tertiary/aromatic N) is 2. The van der Waals surface area contributed by atoms with Crippen LogP contribution in [0.5, 0.6) is 5.88 Å². The van der Waals surface area contributed by atoms with Crippen molar-refractivity contribution < 1.29 is 14.3 Å². The maximum absolute atomic E-state index is 12.6. The molecule has 2 aromatic rings. The van der Waals surface area contributed by atoms with E-state index in [9.17, 15) is 4.79 Å². The van der Waals surface area contributed by atoms with Gasteiger partial charge in [0.2, 0.25) is 11.8 Å². The molecule has 1 aliphatic rings. The van der Waals surface area contributed by atoms with Gasteiger partial charge in [-0.2, -0.15) is 0 Å². The van der Waals surface area contributed by atoms with E-state index in [-0.39, 0.29) is 11.9 Å². The van der Waals surface area contributed by atoms with E-state index in [4.69, 9.17) is 9.47 Å². The summed E-state index contributed by atoms with van der Waals surface area (Å²) in [6.07, 6.45) is 3.70. The second-order valence-electron chi connectivity index (χ2n) is 6.68. The number of pyridine rings is 1. The fourth-order valence-corrected chi connectivity index (χ4v) is 3.27. The van der Waals surface area contributed by atoms with Crippen molar-refractivity contribution in [3.63, 3.8) is 0 Å². The van der Waals surface area contributed by atoms with Crippen LogP contribution in [0.3, 0.4) is 0 Å². The van der Waals surface area contributed by atoms with Gasteiger partial charge in [-0.3, -0.25) is 9.69 Å². The molecule has 3 rings (SSSR count). The van der Waals surface area contributed by atoms with Crippen LogP contribution in [0.15, 0.2) is 48.7 Å². The highest BCUT2D eigenvalue weighted by molar-refractivity contribution is 5.82. The van der Waals surface area contributed by atoms with Gasteiger partial charge in [0.05, 0.1) is 12.6 Å². The molecule has 0 saturated carbocycles. The minimum absolute atomic E-state index is 0.0604. The summed E-state index contributed by atoms with van der Waals surface area (Å²) in [5, 5.41) is 3.05. The van der Waals surface area contributed by atoms with Gasteiger partial charge in [0, 0.05) is 32.5 Å². The van der Waals surface area contributed by atoms with Gasteiger partial charge in [-0.05, 0) is 30.5 Å². The molecule has 0 aliphatic carbocycles. The number of aromatic nitrogens is 1. The summed E-state index contributed by atoms with van der Waals surface area (Å²) < 4.78 is 10.4. The van der Waals surface area contributed by atoms with Crippen LogP contribution >= 0.6 is 0 Å². The first-order chi connectivity index (χ1) is 13.3. The Hall–Kier alpha value is -2.44. The second-order valence-corrected chi connectivity index (χ2v) is 6.68. The third-order valence-electron chi connectivity index (χ3n) is 4.70. The first-order valence-corrected chi connectivity index (χ1v) is 9.38. The molecule has 0 radical (unpaired) electrons. The maximum Gasteiger partial charge on any atom is 0.237 e. The van der Waals surface area contributed by atoms with Crippen molar-refractivity contribution in [3.8, 4) is 5.88 Å². The highest BCUT2D eigenvalue weighted by Gasteiger charge is 2.30. The number of likely N-dealkylation sites (tertiary alicyclic amines) is 1. The predicted molar refractivity (Wildman–Crippen MR) is 103 cm³/mol. The van der Waals surface area contributed by atoms with Gasteiger partial charge in [-0.15, -0.1) is 0 Å². The highest BCUT2D eigenvalue weighted by atomic mass is 16.5. The van der Waals surface area contributed by atoms with E-state index >= 15 is 0 Å². The average Bonchev–Trinajstić information content (AvgIpc) is 3.16. The van der Waals surface area contributed by atoms with Crippen molar-refractivity contribution in [2.24, 2.45) is 0 Å². The molecule has 0 spiro atoms. The molecule has 0 unspecified atom stereocenters. The van der Waals surface area contributed by atoms with Crippen LogP contribution in [-0.2, 0) is 22.6 Å². The Balaban J connectivity index is 1.48. The van der Waals surface area contributed by atoms with Gasteiger partial charge < -0.3 is 14.8 Å². The predicted octanol–water partition coefficient (Wildman–Crippen LogP) is 2.39. The summed E-state index contributed by atoms with van der Waals surface area (Å²) in [5.74, 6) is 0.649. The molecule has 1 atom stereocenters. The minimum atomic E-state index is -0.0604. The van der Waals surface area contributed by atoms with Crippen LogP contribution in [-0.4, -0.2) is 48.7 Å². The Morgan fingerprint density at radius 1 is 1.19 bits per heavy atom. The Morgan fingerprint density at radius 2 is 2.04 bits per heavy atom. The Morgan fingerprint density at radius 3 is 2.78 bits per heavy atom. The summed E-state index contributed by atoms with van der Waals surface area (Å²) in [7, 11) is 1.63. The average molecular weight is 369 g/mol. The van der Waals surface area contributed by atoms with Crippen LogP contribution in [0.1, 0.15) is 24.0 Å². The Bertz CT molecular complexity index is 706. The third-order valence-corrected chi connectivity index (χ3v) is 4.70. The van der Waals surface area contributed by atoms with Crippen molar-refractivity contribution in [3.05, 3.63) is 59.8 Å².